The molecule has 1 saturated heterocycles. The number of likely N-dealkylation sites (tertiary alicyclic amines) is 1. The zero-order valence-electron chi connectivity index (χ0n) is 21.2. The second kappa shape index (κ2) is 10.1. The van der Waals surface area contributed by atoms with Crippen molar-refractivity contribution in [3.8, 4) is 0 Å². The van der Waals surface area contributed by atoms with Crippen molar-refractivity contribution in [2.45, 2.75) is 83.0 Å². The minimum Gasteiger partial charge on any atom is -0.396 e. The van der Waals surface area contributed by atoms with Gasteiger partial charge in [0.15, 0.2) is 0 Å². The van der Waals surface area contributed by atoms with E-state index in [1.165, 1.54) is 16.0 Å². The third-order valence-corrected chi connectivity index (χ3v) is 9.39. The highest BCUT2D eigenvalue weighted by Crippen LogP contribution is 2.46. The Labute approximate surface area is 212 Å². The lowest BCUT2D eigenvalue weighted by molar-refractivity contribution is -0.112. The molecule has 1 aromatic carbocycles. The normalized spacial score (nSPS) is 24.4. The van der Waals surface area contributed by atoms with Crippen molar-refractivity contribution in [2.24, 2.45) is 0 Å². The number of ether oxygens (including phenoxy) is 1. The number of hydrogen-bond acceptors (Lipinski definition) is 6. The van der Waals surface area contributed by atoms with Gasteiger partial charge in [0, 0.05) is 53.5 Å². The lowest BCUT2D eigenvalue weighted by Crippen LogP contribution is -2.50. The van der Waals surface area contributed by atoms with Gasteiger partial charge in [-0.1, -0.05) is 49.4 Å². The number of aryl methyl sites for hydroxylation is 1. The number of rotatable bonds is 8. The molecule has 35 heavy (non-hydrogen) atoms. The van der Waals surface area contributed by atoms with E-state index in [2.05, 4.69) is 72.5 Å². The van der Waals surface area contributed by atoms with Crippen molar-refractivity contribution in [3.63, 3.8) is 0 Å². The van der Waals surface area contributed by atoms with Gasteiger partial charge in [-0.25, -0.2) is 0 Å². The Balaban J connectivity index is 1.26. The van der Waals surface area contributed by atoms with E-state index in [9.17, 15) is 5.11 Å². The van der Waals surface area contributed by atoms with Gasteiger partial charge in [0.2, 0.25) is 0 Å². The predicted octanol–water partition coefficient (Wildman–Crippen LogP) is 4.69. The molecule has 4 heterocycles. The van der Waals surface area contributed by atoms with E-state index in [-0.39, 0.29) is 17.6 Å². The first kappa shape index (κ1) is 24.6. The zero-order valence-corrected chi connectivity index (χ0v) is 22.1. The van der Waals surface area contributed by atoms with Crippen molar-refractivity contribution < 1.29 is 9.84 Å². The molecular weight excluding hydrogens is 456 g/mol. The minimum atomic E-state index is -0.195. The second-order valence-corrected chi connectivity index (χ2v) is 11.8. The number of aromatic nitrogens is 3. The maximum Gasteiger partial charge on any atom is 0.0969 e. The molecule has 3 atom stereocenters. The summed E-state index contributed by atoms with van der Waals surface area (Å²) in [4.78, 5) is 5.55. The number of aliphatic hydroxyl groups excluding tert-OH is 1. The van der Waals surface area contributed by atoms with E-state index in [4.69, 9.17) is 4.74 Å². The lowest BCUT2D eigenvalue weighted by Gasteiger charge is -2.47. The smallest absolute Gasteiger partial charge is 0.0969 e. The summed E-state index contributed by atoms with van der Waals surface area (Å²) in [5, 5.41) is 18.7. The van der Waals surface area contributed by atoms with Gasteiger partial charge in [-0.2, -0.15) is 0 Å². The van der Waals surface area contributed by atoms with Crippen LogP contribution < -0.4 is 0 Å². The first-order valence-corrected chi connectivity index (χ1v) is 13.8. The fourth-order valence-corrected chi connectivity index (χ4v) is 7.14. The van der Waals surface area contributed by atoms with Gasteiger partial charge in [-0.15, -0.1) is 16.4 Å². The summed E-state index contributed by atoms with van der Waals surface area (Å²) in [6.07, 6.45) is 6.98. The fraction of sp³-hybridized carbons (Fsp3) is 0.571. The number of benzene rings is 1. The summed E-state index contributed by atoms with van der Waals surface area (Å²) >= 11 is 1.99. The van der Waals surface area contributed by atoms with Crippen LogP contribution in [0.25, 0.3) is 0 Å². The van der Waals surface area contributed by atoms with Crippen LogP contribution in [-0.4, -0.2) is 50.8 Å². The van der Waals surface area contributed by atoms with Gasteiger partial charge < -0.3 is 9.84 Å². The van der Waals surface area contributed by atoms with Crippen molar-refractivity contribution in [2.75, 3.05) is 19.8 Å². The van der Waals surface area contributed by atoms with Crippen LogP contribution >= 0.6 is 11.3 Å². The van der Waals surface area contributed by atoms with Gasteiger partial charge in [0.05, 0.1) is 24.4 Å². The third-order valence-electron chi connectivity index (χ3n) is 8.05. The van der Waals surface area contributed by atoms with Crippen LogP contribution in [0.1, 0.15) is 66.6 Å². The minimum absolute atomic E-state index is 0.118. The zero-order chi connectivity index (χ0) is 24.5. The molecule has 5 rings (SSSR count). The molecule has 0 amide bonds. The Morgan fingerprint density at radius 1 is 1.29 bits per heavy atom. The topological polar surface area (TPSA) is 63.4 Å². The van der Waals surface area contributed by atoms with E-state index in [0.29, 0.717) is 19.0 Å². The molecule has 2 aliphatic rings. The number of nitrogens with zero attached hydrogens (tertiary/aromatic N) is 4. The highest BCUT2D eigenvalue weighted by molar-refractivity contribution is 7.12. The van der Waals surface area contributed by atoms with Crippen molar-refractivity contribution in [3.05, 3.63) is 69.2 Å². The standard InChI is InChI=1S/C28H38N4O2S/c1-4-24-16-25-26(35-24)10-15-34-28(25)11-13-31(21(2)17-28)18-23-19-32(30-29-23)20-27(3,12-14-33)22-8-6-5-7-9-22/h5-9,16,19,21,33H,4,10-15,17-18,20H2,1-3H3/t21-,27?,28+/m0/s1. The average molecular weight is 495 g/mol. The van der Waals surface area contributed by atoms with Crippen LogP contribution in [0.4, 0.5) is 0 Å². The average Bonchev–Trinajstić information content (AvgIpc) is 3.49. The molecule has 1 spiro atoms. The number of hydrogen-bond donors (Lipinski definition) is 1. The van der Waals surface area contributed by atoms with Crippen LogP contribution in [0, 0.1) is 0 Å². The van der Waals surface area contributed by atoms with Crippen LogP contribution in [0.2, 0.25) is 0 Å². The van der Waals surface area contributed by atoms with E-state index in [1.807, 2.05) is 22.1 Å². The summed E-state index contributed by atoms with van der Waals surface area (Å²) in [5.74, 6) is 0. The first-order chi connectivity index (χ1) is 16.9. The molecule has 188 valence electrons. The van der Waals surface area contributed by atoms with Crippen LogP contribution in [0.3, 0.4) is 0 Å². The molecule has 1 N–H and O–H groups in total. The quantitative estimate of drug-likeness (QED) is 0.492. The molecule has 1 unspecified atom stereocenters. The number of piperidine rings is 1. The van der Waals surface area contributed by atoms with E-state index in [1.54, 1.807) is 4.88 Å². The molecule has 6 nitrogen and oxygen atoms in total. The number of aliphatic hydroxyl groups is 1. The maximum atomic E-state index is 9.71. The highest BCUT2D eigenvalue weighted by atomic mass is 32.1. The Morgan fingerprint density at radius 2 is 2.11 bits per heavy atom. The van der Waals surface area contributed by atoms with Crippen molar-refractivity contribution in [1.29, 1.82) is 0 Å². The molecular formula is C28H38N4O2S. The Kier molecular flexibility index (Phi) is 7.13. The van der Waals surface area contributed by atoms with Crippen molar-refractivity contribution in [1.82, 2.24) is 19.9 Å². The van der Waals surface area contributed by atoms with Gasteiger partial charge in [-0.05, 0) is 49.8 Å². The van der Waals surface area contributed by atoms with Crippen LogP contribution in [0.5, 0.6) is 0 Å². The summed E-state index contributed by atoms with van der Waals surface area (Å²) in [5.41, 5.74) is 3.37. The maximum absolute atomic E-state index is 9.71. The molecule has 0 radical (unpaired) electrons. The summed E-state index contributed by atoms with van der Waals surface area (Å²) < 4.78 is 8.46. The Bertz CT molecular complexity index is 1130. The van der Waals surface area contributed by atoms with E-state index >= 15 is 0 Å². The molecule has 2 aromatic heterocycles. The summed E-state index contributed by atoms with van der Waals surface area (Å²) in [7, 11) is 0. The van der Waals surface area contributed by atoms with Gasteiger partial charge in [-0.3, -0.25) is 9.58 Å². The van der Waals surface area contributed by atoms with Crippen LogP contribution in [0.15, 0.2) is 42.6 Å². The molecule has 0 bridgehead atoms. The first-order valence-electron chi connectivity index (χ1n) is 13.0. The SMILES string of the molecule is CCc1cc2c(s1)CCO[C@@]21CCN(Cc2cn(CC(C)(CCO)c3ccccc3)nn2)[C@@H](C)C1. The summed E-state index contributed by atoms with van der Waals surface area (Å²) in [6.45, 7) is 10.2. The van der Waals surface area contributed by atoms with Crippen LogP contribution in [-0.2, 0) is 41.7 Å². The second-order valence-electron chi connectivity index (χ2n) is 10.6. The largest absolute Gasteiger partial charge is 0.396 e. The number of thiophene rings is 1. The van der Waals surface area contributed by atoms with Gasteiger partial charge in [0.25, 0.3) is 0 Å². The molecule has 3 aromatic rings. The van der Waals surface area contributed by atoms with E-state index in [0.717, 1.165) is 51.1 Å². The van der Waals surface area contributed by atoms with E-state index < -0.39 is 0 Å². The molecule has 0 aliphatic carbocycles. The lowest BCUT2D eigenvalue weighted by atomic mass is 9.79. The highest BCUT2D eigenvalue weighted by Gasteiger charge is 2.44. The molecule has 1 fully saturated rings. The third kappa shape index (κ3) is 4.96. The molecule has 7 heteroatoms. The summed E-state index contributed by atoms with van der Waals surface area (Å²) in [6, 6.07) is 13.2. The van der Waals surface area contributed by atoms with Crippen molar-refractivity contribution >= 4 is 11.3 Å². The Morgan fingerprint density at radius 3 is 2.86 bits per heavy atom. The predicted molar refractivity (Wildman–Crippen MR) is 140 cm³/mol. The molecule has 2 aliphatic heterocycles. The monoisotopic (exact) mass is 494 g/mol. The van der Waals surface area contributed by atoms with Gasteiger partial charge >= 0.3 is 0 Å². The van der Waals surface area contributed by atoms with Gasteiger partial charge in [0.1, 0.15) is 0 Å². The fourth-order valence-electron chi connectivity index (χ4n) is 5.97. The number of fused-ring (bicyclic) bond motifs is 2. The Hall–Kier alpha value is -2.06. The molecule has 0 saturated carbocycles.